The topological polar surface area (TPSA) is 43.1 Å². The maximum Gasteiger partial charge on any atom is 0.221 e. The minimum Gasteiger partial charge on any atom is -0.369 e. The lowest BCUT2D eigenvalue weighted by Crippen LogP contribution is -2.26. The third-order valence-corrected chi connectivity index (χ3v) is 3.10. The van der Waals surface area contributed by atoms with Crippen LogP contribution in [0.15, 0.2) is 11.6 Å². The number of carbonyl (C=O) groups is 1. The summed E-state index contributed by atoms with van der Waals surface area (Å²) in [5.74, 6) is 1.17. The van der Waals surface area contributed by atoms with Gasteiger partial charge in [-0.05, 0) is 31.6 Å². The highest BCUT2D eigenvalue weighted by atomic mass is 16.1. The second-order valence-electron chi connectivity index (χ2n) is 3.75. The van der Waals surface area contributed by atoms with Crippen LogP contribution in [0.3, 0.4) is 0 Å². The molecule has 0 radical (unpaired) electrons. The highest BCUT2D eigenvalue weighted by molar-refractivity contribution is 5.78. The third kappa shape index (κ3) is 0.889. The molecule has 3 atom stereocenters. The molecule has 2 aliphatic rings. The maximum atomic E-state index is 10.9. The van der Waals surface area contributed by atoms with E-state index in [9.17, 15) is 4.79 Å². The molecule has 0 aromatic rings. The fourth-order valence-corrected chi connectivity index (χ4v) is 2.43. The van der Waals surface area contributed by atoms with E-state index < -0.39 is 0 Å². The number of fused-ring (bicyclic) bond motifs is 2. The van der Waals surface area contributed by atoms with E-state index in [4.69, 9.17) is 5.73 Å². The van der Waals surface area contributed by atoms with E-state index in [0.29, 0.717) is 11.8 Å². The summed E-state index contributed by atoms with van der Waals surface area (Å²) in [5, 5.41) is 0. The molecule has 1 fully saturated rings. The molecule has 1 amide bonds. The zero-order chi connectivity index (χ0) is 8.01. The van der Waals surface area contributed by atoms with Gasteiger partial charge in [-0.25, -0.2) is 0 Å². The van der Waals surface area contributed by atoms with Crippen LogP contribution in [0.2, 0.25) is 0 Å². The minimum absolute atomic E-state index is 0.110. The highest BCUT2D eigenvalue weighted by Gasteiger charge is 2.41. The van der Waals surface area contributed by atoms with E-state index in [1.807, 2.05) is 0 Å². The Bertz CT molecular complexity index is 232. The zero-order valence-corrected chi connectivity index (χ0v) is 6.71. The van der Waals surface area contributed by atoms with Crippen LogP contribution < -0.4 is 5.73 Å². The van der Waals surface area contributed by atoms with Crippen LogP contribution in [-0.4, -0.2) is 5.91 Å². The Morgan fingerprint density at radius 2 is 2.36 bits per heavy atom. The number of hydrogen-bond acceptors (Lipinski definition) is 1. The molecule has 0 spiro atoms. The number of amides is 1. The van der Waals surface area contributed by atoms with E-state index in [-0.39, 0.29) is 11.8 Å². The second-order valence-corrected chi connectivity index (χ2v) is 3.75. The van der Waals surface area contributed by atoms with E-state index in [1.165, 1.54) is 12.0 Å². The van der Waals surface area contributed by atoms with Crippen LogP contribution in [0.1, 0.15) is 19.8 Å². The molecule has 0 aromatic heterocycles. The van der Waals surface area contributed by atoms with Gasteiger partial charge in [-0.1, -0.05) is 11.6 Å². The number of carbonyl (C=O) groups excluding carboxylic acids is 1. The normalized spacial score (nSPS) is 40.8. The Morgan fingerprint density at radius 3 is 2.73 bits per heavy atom. The highest BCUT2D eigenvalue weighted by Crippen LogP contribution is 2.46. The molecule has 11 heavy (non-hydrogen) atoms. The average Bonchev–Trinajstić information content (AvgIpc) is 2.43. The maximum absolute atomic E-state index is 10.9. The molecular weight excluding hydrogens is 138 g/mol. The molecule has 0 saturated heterocycles. The Balaban J connectivity index is 2.19. The van der Waals surface area contributed by atoms with Crippen molar-refractivity contribution in [1.29, 1.82) is 0 Å². The number of hydrogen-bond donors (Lipinski definition) is 1. The summed E-state index contributed by atoms with van der Waals surface area (Å²) in [7, 11) is 0. The Morgan fingerprint density at radius 1 is 1.64 bits per heavy atom. The monoisotopic (exact) mass is 151 g/mol. The fourth-order valence-electron chi connectivity index (χ4n) is 2.43. The van der Waals surface area contributed by atoms with Crippen molar-refractivity contribution >= 4 is 5.91 Å². The first-order valence-corrected chi connectivity index (χ1v) is 4.16. The van der Waals surface area contributed by atoms with Gasteiger partial charge in [-0.15, -0.1) is 0 Å². The lowest BCUT2D eigenvalue weighted by atomic mass is 9.90. The van der Waals surface area contributed by atoms with Crippen LogP contribution in [0.25, 0.3) is 0 Å². The van der Waals surface area contributed by atoms with E-state index in [0.717, 1.165) is 6.42 Å². The third-order valence-electron chi connectivity index (χ3n) is 3.10. The van der Waals surface area contributed by atoms with Crippen LogP contribution in [0, 0.1) is 17.8 Å². The average molecular weight is 151 g/mol. The fraction of sp³-hybridized carbons (Fsp3) is 0.667. The molecule has 2 aliphatic carbocycles. The van der Waals surface area contributed by atoms with Gasteiger partial charge in [0.2, 0.25) is 5.91 Å². The molecule has 2 bridgehead atoms. The van der Waals surface area contributed by atoms with Gasteiger partial charge in [0.15, 0.2) is 0 Å². The van der Waals surface area contributed by atoms with Crippen molar-refractivity contribution < 1.29 is 4.79 Å². The Hall–Kier alpha value is -0.790. The van der Waals surface area contributed by atoms with Crippen LogP contribution in [0.4, 0.5) is 0 Å². The predicted molar refractivity (Wildman–Crippen MR) is 42.7 cm³/mol. The number of primary amides is 1. The lowest BCUT2D eigenvalue weighted by Gasteiger charge is -2.15. The van der Waals surface area contributed by atoms with Crippen molar-refractivity contribution in [2.75, 3.05) is 0 Å². The summed E-state index contributed by atoms with van der Waals surface area (Å²) in [4.78, 5) is 10.9. The second kappa shape index (κ2) is 2.10. The Kier molecular flexibility index (Phi) is 1.31. The van der Waals surface area contributed by atoms with Crippen LogP contribution in [0.5, 0.6) is 0 Å². The molecule has 2 rings (SSSR count). The van der Waals surface area contributed by atoms with Gasteiger partial charge in [0.1, 0.15) is 0 Å². The summed E-state index contributed by atoms with van der Waals surface area (Å²) in [6.45, 7) is 2.15. The Labute approximate surface area is 66.5 Å². The van der Waals surface area contributed by atoms with Gasteiger partial charge in [0.25, 0.3) is 0 Å². The molecule has 3 unspecified atom stereocenters. The summed E-state index contributed by atoms with van der Waals surface area (Å²) >= 11 is 0. The van der Waals surface area contributed by atoms with Gasteiger partial charge < -0.3 is 5.73 Å². The van der Waals surface area contributed by atoms with Crippen molar-refractivity contribution in [1.82, 2.24) is 0 Å². The van der Waals surface area contributed by atoms with Crippen LogP contribution in [-0.2, 0) is 4.79 Å². The first-order chi connectivity index (χ1) is 5.18. The SMILES string of the molecule is CC1=CC2CC1CC2C(N)=O. The smallest absolute Gasteiger partial charge is 0.221 e. The van der Waals surface area contributed by atoms with E-state index in [1.54, 1.807) is 0 Å². The van der Waals surface area contributed by atoms with E-state index in [2.05, 4.69) is 13.0 Å². The number of nitrogens with two attached hydrogens (primary N) is 1. The van der Waals surface area contributed by atoms with E-state index >= 15 is 0 Å². The molecule has 2 nitrogen and oxygen atoms in total. The molecule has 0 heterocycles. The van der Waals surface area contributed by atoms with Gasteiger partial charge in [0, 0.05) is 5.92 Å². The standard InChI is InChI=1S/C9H13NO/c1-5-2-7-3-6(5)4-8(7)9(10)11/h2,6-8H,3-4H2,1H3,(H2,10,11). The summed E-state index contributed by atoms with van der Waals surface area (Å²) < 4.78 is 0. The molecule has 2 N–H and O–H groups in total. The number of allylic oxidation sites excluding steroid dienone is 2. The van der Waals surface area contributed by atoms with Crippen molar-refractivity contribution in [3.05, 3.63) is 11.6 Å². The molecule has 0 aromatic carbocycles. The summed E-state index contributed by atoms with van der Waals surface area (Å²) in [6, 6.07) is 0. The summed E-state index contributed by atoms with van der Waals surface area (Å²) in [5.41, 5.74) is 6.73. The molecule has 0 aliphatic heterocycles. The molecule has 60 valence electrons. The quantitative estimate of drug-likeness (QED) is 0.560. The van der Waals surface area contributed by atoms with Gasteiger partial charge >= 0.3 is 0 Å². The lowest BCUT2D eigenvalue weighted by molar-refractivity contribution is -0.122. The molecular formula is C9H13NO. The van der Waals surface area contributed by atoms with Crippen molar-refractivity contribution in [3.8, 4) is 0 Å². The zero-order valence-electron chi connectivity index (χ0n) is 6.71. The molecule has 1 saturated carbocycles. The van der Waals surface area contributed by atoms with Gasteiger partial charge in [-0.2, -0.15) is 0 Å². The first kappa shape index (κ1) is 6.89. The first-order valence-electron chi connectivity index (χ1n) is 4.16. The van der Waals surface area contributed by atoms with Gasteiger partial charge in [-0.3, -0.25) is 4.79 Å². The summed E-state index contributed by atoms with van der Waals surface area (Å²) in [6.07, 6.45) is 4.39. The van der Waals surface area contributed by atoms with Crippen molar-refractivity contribution in [2.45, 2.75) is 19.8 Å². The molecule has 2 heteroatoms. The van der Waals surface area contributed by atoms with Gasteiger partial charge in [0.05, 0.1) is 0 Å². The van der Waals surface area contributed by atoms with Crippen molar-refractivity contribution in [2.24, 2.45) is 23.5 Å². The minimum atomic E-state index is -0.110. The number of rotatable bonds is 1. The largest absolute Gasteiger partial charge is 0.369 e. The predicted octanol–water partition coefficient (Wildman–Crippen LogP) is 1.07. The van der Waals surface area contributed by atoms with Crippen molar-refractivity contribution in [3.63, 3.8) is 0 Å². The van der Waals surface area contributed by atoms with Crippen LogP contribution >= 0.6 is 0 Å².